The second-order valence-electron chi connectivity index (χ2n) is 5.76. The summed E-state index contributed by atoms with van der Waals surface area (Å²) in [5, 5.41) is 6.86. The third kappa shape index (κ3) is 4.01. The Morgan fingerprint density at radius 2 is 2.32 bits per heavy atom. The Morgan fingerprint density at radius 1 is 1.36 bits per heavy atom. The van der Waals surface area contributed by atoms with Gasteiger partial charge in [-0.25, -0.2) is 15.0 Å². The van der Waals surface area contributed by atoms with Crippen LogP contribution in [0.25, 0.3) is 0 Å². The lowest BCUT2D eigenvalue weighted by molar-refractivity contribution is 0.454. The standard InChI is InChI=1S/C16H23N5S/c1-12-15(22-11-21-12)5-3-7-18-16-8-14(19-10-20-16)13-4-2-6-17-9-13/h8,10-11,13,17H,2-7,9H2,1H3,(H,18,19,20). The molecular weight excluding hydrogens is 294 g/mol. The summed E-state index contributed by atoms with van der Waals surface area (Å²) in [6.45, 7) is 5.16. The average molecular weight is 317 g/mol. The van der Waals surface area contributed by atoms with E-state index in [1.807, 2.05) is 5.51 Å². The van der Waals surface area contributed by atoms with Gasteiger partial charge in [-0.3, -0.25) is 0 Å². The summed E-state index contributed by atoms with van der Waals surface area (Å²) in [6, 6.07) is 2.11. The Morgan fingerprint density at radius 3 is 3.09 bits per heavy atom. The molecule has 0 saturated carbocycles. The molecule has 2 N–H and O–H groups in total. The lowest BCUT2D eigenvalue weighted by Gasteiger charge is -2.22. The number of aromatic nitrogens is 3. The zero-order valence-corrected chi connectivity index (χ0v) is 13.8. The van der Waals surface area contributed by atoms with Gasteiger partial charge >= 0.3 is 0 Å². The van der Waals surface area contributed by atoms with Crippen LogP contribution in [0.4, 0.5) is 5.82 Å². The Hall–Kier alpha value is -1.53. The number of aryl methyl sites for hydroxylation is 2. The molecule has 1 unspecified atom stereocenters. The highest BCUT2D eigenvalue weighted by Crippen LogP contribution is 2.22. The summed E-state index contributed by atoms with van der Waals surface area (Å²) in [6.07, 6.45) is 6.29. The van der Waals surface area contributed by atoms with Crippen LogP contribution in [0.5, 0.6) is 0 Å². The molecule has 0 radical (unpaired) electrons. The van der Waals surface area contributed by atoms with E-state index >= 15 is 0 Å². The molecule has 3 rings (SSSR count). The maximum Gasteiger partial charge on any atom is 0.129 e. The van der Waals surface area contributed by atoms with Gasteiger partial charge in [0.05, 0.1) is 16.9 Å². The highest BCUT2D eigenvalue weighted by atomic mass is 32.1. The van der Waals surface area contributed by atoms with E-state index in [4.69, 9.17) is 0 Å². The van der Waals surface area contributed by atoms with Gasteiger partial charge in [-0.15, -0.1) is 11.3 Å². The van der Waals surface area contributed by atoms with Crippen molar-refractivity contribution in [3.63, 3.8) is 0 Å². The zero-order valence-electron chi connectivity index (χ0n) is 13.0. The maximum absolute atomic E-state index is 4.45. The van der Waals surface area contributed by atoms with Crippen molar-refractivity contribution >= 4 is 17.2 Å². The predicted molar refractivity (Wildman–Crippen MR) is 90.5 cm³/mol. The van der Waals surface area contributed by atoms with Gasteiger partial charge in [0.2, 0.25) is 0 Å². The highest BCUT2D eigenvalue weighted by Gasteiger charge is 2.16. The van der Waals surface area contributed by atoms with Crippen LogP contribution in [-0.2, 0) is 6.42 Å². The Bertz CT molecular complexity index is 592. The molecule has 2 aromatic rings. The first-order valence-corrected chi connectivity index (χ1v) is 8.86. The second-order valence-corrected chi connectivity index (χ2v) is 6.70. The van der Waals surface area contributed by atoms with Crippen LogP contribution in [0.3, 0.4) is 0 Å². The van der Waals surface area contributed by atoms with Crippen molar-refractivity contribution in [1.82, 2.24) is 20.3 Å². The summed E-state index contributed by atoms with van der Waals surface area (Å²) in [5.41, 5.74) is 4.25. The molecule has 0 bridgehead atoms. The van der Waals surface area contributed by atoms with Crippen molar-refractivity contribution in [2.24, 2.45) is 0 Å². The Kier molecular flexibility index (Phi) is 5.34. The molecule has 0 spiro atoms. The molecular formula is C16H23N5S. The summed E-state index contributed by atoms with van der Waals surface area (Å²) < 4.78 is 0. The molecule has 22 heavy (non-hydrogen) atoms. The fourth-order valence-electron chi connectivity index (χ4n) is 2.83. The molecule has 1 atom stereocenters. The van der Waals surface area contributed by atoms with Gasteiger partial charge in [0, 0.05) is 30.0 Å². The molecule has 0 amide bonds. The van der Waals surface area contributed by atoms with E-state index < -0.39 is 0 Å². The molecule has 118 valence electrons. The van der Waals surface area contributed by atoms with Crippen molar-refractivity contribution in [2.75, 3.05) is 25.0 Å². The molecule has 0 aliphatic carbocycles. The van der Waals surface area contributed by atoms with Crippen LogP contribution >= 0.6 is 11.3 Å². The zero-order chi connectivity index (χ0) is 15.2. The van der Waals surface area contributed by atoms with E-state index in [-0.39, 0.29) is 0 Å². The smallest absolute Gasteiger partial charge is 0.129 e. The third-order valence-electron chi connectivity index (χ3n) is 4.13. The number of hydrogen-bond donors (Lipinski definition) is 2. The number of rotatable bonds is 6. The molecule has 1 aliphatic rings. The number of nitrogens with zero attached hydrogens (tertiary/aromatic N) is 3. The minimum atomic E-state index is 0.525. The van der Waals surface area contributed by atoms with E-state index in [1.165, 1.54) is 23.4 Å². The number of thiazole rings is 1. The molecule has 3 heterocycles. The number of hydrogen-bond acceptors (Lipinski definition) is 6. The summed E-state index contributed by atoms with van der Waals surface area (Å²) in [4.78, 5) is 14.5. The van der Waals surface area contributed by atoms with Gasteiger partial charge in [-0.2, -0.15) is 0 Å². The van der Waals surface area contributed by atoms with E-state index in [2.05, 4.69) is 38.6 Å². The van der Waals surface area contributed by atoms with Gasteiger partial charge in [0.1, 0.15) is 12.1 Å². The number of piperidine rings is 1. The van der Waals surface area contributed by atoms with Gasteiger partial charge in [0.15, 0.2) is 0 Å². The van der Waals surface area contributed by atoms with E-state index in [0.717, 1.165) is 44.0 Å². The van der Waals surface area contributed by atoms with Gasteiger partial charge in [-0.1, -0.05) is 0 Å². The first-order valence-electron chi connectivity index (χ1n) is 7.98. The van der Waals surface area contributed by atoms with E-state index in [1.54, 1.807) is 17.7 Å². The first kappa shape index (κ1) is 15.4. The molecule has 6 heteroatoms. The van der Waals surface area contributed by atoms with Crippen LogP contribution in [0.15, 0.2) is 17.9 Å². The fourth-order valence-corrected chi connectivity index (χ4v) is 3.65. The van der Waals surface area contributed by atoms with Crippen LogP contribution in [0.1, 0.15) is 41.4 Å². The van der Waals surface area contributed by atoms with Crippen molar-refractivity contribution in [1.29, 1.82) is 0 Å². The number of nitrogens with one attached hydrogen (secondary N) is 2. The van der Waals surface area contributed by atoms with Gasteiger partial charge in [0.25, 0.3) is 0 Å². The van der Waals surface area contributed by atoms with Crippen LogP contribution < -0.4 is 10.6 Å². The summed E-state index contributed by atoms with van der Waals surface area (Å²) in [7, 11) is 0. The lowest BCUT2D eigenvalue weighted by atomic mass is 9.96. The minimum absolute atomic E-state index is 0.525. The lowest BCUT2D eigenvalue weighted by Crippen LogP contribution is -2.28. The largest absolute Gasteiger partial charge is 0.370 e. The third-order valence-corrected chi connectivity index (χ3v) is 5.13. The molecule has 1 aliphatic heterocycles. The van der Waals surface area contributed by atoms with E-state index in [0.29, 0.717) is 5.92 Å². The summed E-state index contributed by atoms with van der Waals surface area (Å²) >= 11 is 1.75. The second kappa shape index (κ2) is 7.65. The van der Waals surface area contributed by atoms with Crippen LogP contribution in [-0.4, -0.2) is 34.6 Å². The van der Waals surface area contributed by atoms with Crippen molar-refractivity contribution < 1.29 is 0 Å². The normalized spacial score (nSPS) is 18.3. The van der Waals surface area contributed by atoms with Crippen LogP contribution in [0, 0.1) is 6.92 Å². The number of anilines is 1. The highest BCUT2D eigenvalue weighted by molar-refractivity contribution is 7.09. The van der Waals surface area contributed by atoms with Gasteiger partial charge in [-0.05, 0) is 39.2 Å². The fraction of sp³-hybridized carbons (Fsp3) is 0.562. The Balaban J connectivity index is 1.49. The average Bonchev–Trinajstić information content (AvgIpc) is 2.98. The Labute approximate surface area is 135 Å². The SMILES string of the molecule is Cc1ncsc1CCCNc1cc(C2CCCNC2)ncn1. The summed E-state index contributed by atoms with van der Waals surface area (Å²) in [5.74, 6) is 1.47. The van der Waals surface area contributed by atoms with Gasteiger partial charge < -0.3 is 10.6 Å². The monoisotopic (exact) mass is 317 g/mol. The molecule has 1 saturated heterocycles. The molecule has 1 fully saturated rings. The van der Waals surface area contributed by atoms with Crippen molar-refractivity contribution in [3.8, 4) is 0 Å². The molecule has 5 nitrogen and oxygen atoms in total. The van der Waals surface area contributed by atoms with Crippen molar-refractivity contribution in [2.45, 2.75) is 38.5 Å². The predicted octanol–water partition coefficient (Wildman–Crippen LogP) is 2.75. The van der Waals surface area contributed by atoms with Crippen molar-refractivity contribution in [3.05, 3.63) is 34.2 Å². The molecule has 0 aromatic carbocycles. The first-order chi connectivity index (χ1) is 10.8. The molecule has 2 aromatic heterocycles. The van der Waals surface area contributed by atoms with Crippen LogP contribution in [0.2, 0.25) is 0 Å². The van der Waals surface area contributed by atoms with E-state index in [9.17, 15) is 0 Å². The minimum Gasteiger partial charge on any atom is -0.370 e. The quantitative estimate of drug-likeness (QED) is 0.802. The topological polar surface area (TPSA) is 62.7 Å². The maximum atomic E-state index is 4.45.